The Morgan fingerprint density at radius 1 is 1.09 bits per heavy atom. The monoisotopic (exact) mass is 483 g/mol. The molecule has 0 aliphatic rings. The van der Waals surface area contributed by atoms with E-state index in [2.05, 4.69) is 15.1 Å². The van der Waals surface area contributed by atoms with Crippen molar-refractivity contribution in [2.45, 2.75) is 31.3 Å². The number of halogens is 1. The van der Waals surface area contributed by atoms with Crippen molar-refractivity contribution >= 4 is 10.0 Å². The third-order valence-electron chi connectivity index (χ3n) is 5.38. The minimum absolute atomic E-state index is 0.104. The molecule has 4 rings (SSSR count). The molecule has 0 amide bonds. The van der Waals surface area contributed by atoms with Gasteiger partial charge in [0, 0.05) is 31.8 Å². The summed E-state index contributed by atoms with van der Waals surface area (Å²) in [5.41, 5.74) is 2.16. The van der Waals surface area contributed by atoms with Crippen molar-refractivity contribution in [3.8, 4) is 5.69 Å². The molecule has 2 heterocycles. The van der Waals surface area contributed by atoms with Gasteiger partial charge in [0.2, 0.25) is 10.0 Å². The molecule has 0 fully saturated rings. The van der Waals surface area contributed by atoms with Crippen LogP contribution in [-0.2, 0) is 36.6 Å². The van der Waals surface area contributed by atoms with Crippen LogP contribution >= 0.6 is 0 Å². The molecule has 11 heteroatoms. The fourth-order valence-electron chi connectivity index (χ4n) is 3.67. The van der Waals surface area contributed by atoms with Gasteiger partial charge in [0.15, 0.2) is 5.82 Å². The number of hydrogen-bond donors (Lipinski definition) is 1. The highest BCUT2D eigenvalue weighted by Gasteiger charge is 2.19. The van der Waals surface area contributed by atoms with Crippen LogP contribution in [0.3, 0.4) is 0 Å². The first-order valence-corrected chi connectivity index (χ1v) is 12.3. The zero-order valence-electron chi connectivity index (χ0n) is 19.0. The molecule has 0 saturated heterocycles. The van der Waals surface area contributed by atoms with Crippen LogP contribution in [0.4, 0.5) is 4.39 Å². The highest BCUT2D eigenvalue weighted by molar-refractivity contribution is 7.89. The summed E-state index contributed by atoms with van der Waals surface area (Å²) >= 11 is 0. The highest BCUT2D eigenvalue weighted by Crippen LogP contribution is 2.21. The fourth-order valence-corrected chi connectivity index (χ4v) is 4.20. The first kappa shape index (κ1) is 23.7. The zero-order valence-corrected chi connectivity index (χ0v) is 19.8. The lowest BCUT2D eigenvalue weighted by atomic mass is 10.1. The van der Waals surface area contributed by atoms with Crippen molar-refractivity contribution in [2.24, 2.45) is 12.2 Å². The Morgan fingerprint density at radius 2 is 1.85 bits per heavy atom. The van der Waals surface area contributed by atoms with E-state index in [0.717, 1.165) is 23.7 Å². The Labute approximate surface area is 197 Å². The summed E-state index contributed by atoms with van der Waals surface area (Å²) in [5.74, 6) is 0.326. The minimum atomic E-state index is -4.02. The maximum absolute atomic E-state index is 15.0. The number of benzene rings is 2. The molecule has 0 bridgehead atoms. The largest absolute Gasteiger partial charge is 0.292 e. The van der Waals surface area contributed by atoms with Crippen LogP contribution in [0.5, 0.6) is 0 Å². The summed E-state index contributed by atoms with van der Waals surface area (Å²) in [6, 6.07) is 13.2. The smallest absolute Gasteiger partial charge is 0.238 e. The van der Waals surface area contributed by atoms with E-state index in [1.54, 1.807) is 4.68 Å². The van der Waals surface area contributed by atoms with Gasteiger partial charge in [-0.2, -0.15) is 5.10 Å². The predicted octanol–water partition coefficient (Wildman–Crippen LogP) is 2.40. The number of nitrogens with two attached hydrogens (primary N) is 1. The molecule has 0 atom stereocenters. The van der Waals surface area contributed by atoms with Crippen LogP contribution in [0.2, 0.25) is 0 Å². The molecule has 0 aliphatic heterocycles. The second-order valence-corrected chi connectivity index (χ2v) is 9.56. The van der Waals surface area contributed by atoms with Crippen molar-refractivity contribution in [3.05, 3.63) is 89.5 Å². The second kappa shape index (κ2) is 9.84. The van der Waals surface area contributed by atoms with Gasteiger partial charge >= 0.3 is 0 Å². The highest BCUT2D eigenvalue weighted by atomic mass is 32.2. The number of hydrogen-bond acceptors (Lipinski definition) is 6. The lowest BCUT2D eigenvalue weighted by Crippen LogP contribution is -2.23. The number of primary sulfonamides is 1. The van der Waals surface area contributed by atoms with Gasteiger partial charge < -0.3 is 0 Å². The van der Waals surface area contributed by atoms with Gasteiger partial charge in [0.25, 0.3) is 0 Å². The van der Waals surface area contributed by atoms with Crippen LogP contribution in [0.1, 0.15) is 29.7 Å². The van der Waals surface area contributed by atoms with Crippen molar-refractivity contribution in [2.75, 3.05) is 6.54 Å². The number of nitrogens with zero attached hydrogens (tertiary/aromatic N) is 6. The predicted molar refractivity (Wildman–Crippen MR) is 125 cm³/mol. The first-order chi connectivity index (χ1) is 16.2. The summed E-state index contributed by atoms with van der Waals surface area (Å²) in [7, 11) is -2.15. The van der Waals surface area contributed by atoms with Crippen molar-refractivity contribution < 1.29 is 12.8 Å². The number of aromatic nitrogens is 5. The number of rotatable bonds is 9. The molecule has 2 N–H and O–H groups in total. The van der Waals surface area contributed by atoms with Gasteiger partial charge in [-0.3, -0.25) is 9.58 Å². The van der Waals surface area contributed by atoms with E-state index in [4.69, 9.17) is 10.1 Å². The molecular formula is C23H26FN7O2S. The van der Waals surface area contributed by atoms with Crippen LogP contribution < -0.4 is 5.14 Å². The zero-order chi connectivity index (χ0) is 24.3. The molecule has 178 valence electrons. The van der Waals surface area contributed by atoms with Crippen LogP contribution in [-0.4, -0.2) is 44.4 Å². The molecule has 0 spiro atoms. The van der Waals surface area contributed by atoms with Crippen molar-refractivity contribution in [1.82, 2.24) is 29.4 Å². The topological polar surface area (TPSA) is 112 Å². The number of aryl methyl sites for hydroxylation is 1. The van der Waals surface area contributed by atoms with Gasteiger partial charge in [-0.15, -0.1) is 5.10 Å². The molecule has 9 nitrogen and oxygen atoms in total. The van der Waals surface area contributed by atoms with Gasteiger partial charge in [-0.1, -0.05) is 37.3 Å². The lowest BCUT2D eigenvalue weighted by Gasteiger charge is -2.17. The van der Waals surface area contributed by atoms with E-state index in [-0.39, 0.29) is 10.6 Å². The average molecular weight is 484 g/mol. The van der Waals surface area contributed by atoms with E-state index >= 15 is 0 Å². The van der Waals surface area contributed by atoms with E-state index in [9.17, 15) is 12.8 Å². The lowest BCUT2D eigenvalue weighted by molar-refractivity contribution is 0.264. The molecule has 34 heavy (non-hydrogen) atoms. The van der Waals surface area contributed by atoms with Crippen LogP contribution in [0, 0.1) is 5.82 Å². The third kappa shape index (κ3) is 5.56. The summed E-state index contributed by atoms with van der Waals surface area (Å²) in [6.45, 7) is 3.93. The van der Waals surface area contributed by atoms with E-state index in [0.29, 0.717) is 31.2 Å². The van der Waals surface area contributed by atoms with Crippen molar-refractivity contribution in [1.29, 1.82) is 0 Å². The Morgan fingerprint density at radius 3 is 2.47 bits per heavy atom. The van der Waals surface area contributed by atoms with Gasteiger partial charge in [0.05, 0.1) is 17.6 Å². The summed E-state index contributed by atoms with van der Waals surface area (Å²) in [6.07, 6.45) is 4.20. The Kier molecular flexibility index (Phi) is 6.87. The second-order valence-electron chi connectivity index (χ2n) is 8.00. The molecule has 2 aromatic heterocycles. The van der Waals surface area contributed by atoms with Crippen LogP contribution in [0.25, 0.3) is 5.69 Å². The third-order valence-corrected chi connectivity index (χ3v) is 6.29. The maximum Gasteiger partial charge on any atom is 0.238 e. The van der Waals surface area contributed by atoms with Gasteiger partial charge in [-0.25, -0.2) is 27.6 Å². The molecular weight excluding hydrogens is 457 g/mol. The molecule has 0 aliphatic carbocycles. The molecule has 0 unspecified atom stereocenters. The Balaban J connectivity index is 1.68. The standard InChI is InChI=1S/C23H26FN7O2S/c1-3-30(15-18-13-26-29(2)14-18)16-22-27-23(11-17-7-5-4-6-8-17)31(28-22)21-10-9-19(12-20(21)24)34(25,32)33/h4-10,12-14H,3,11,15-16H2,1-2H3,(H2,25,32,33). The van der Waals surface area contributed by atoms with E-state index in [1.807, 2.05) is 56.7 Å². The van der Waals surface area contributed by atoms with E-state index < -0.39 is 15.8 Å². The average Bonchev–Trinajstić information content (AvgIpc) is 3.38. The normalized spacial score (nSPS) is 11.9. The first-order valence-electron chi connectivity index (χ1n) is 10.7. The van der Waals surface area contributed by atoms with Crippen molar-refractivity contribution in [3.63, 3.8) is 0 Å². The quantitative estimate of drug-likeness (QED) is 0.391. The summed E-state index contributed by atoms with van der Waals surface area (Å²) < 4.78 is 41.4. The molecule has 2 aromatic carbocycles. The van der Waals surface area contributed by atoms with Crippen LogP contribution in [0.15, 0.2) is 65.8 Å². The van der Waals surface area contributed by atoms with Gasteiger partial charge in [-0.05, 0) is 30.3 Å². The molecule has 0 saturated carbocycles. The van der Waals surface area contributed by atoms with E-state index in [1.165, 1.54) is 16.8 Å². The Bertz CT molecular complexity index is 1380. The minimum Gasteiger partial charge on any atom is -0.292 e. The van der Waals surface area contributed by atoms with Gasteiger partial charge in [0.1, 0.15) is 17.3 Å². The molecule has 0 radical (unpaired) electrons. The number of sulfonamides is 1. The maximum atomic E-state index is 15.0. The Hall–Kier alpha value is -3.41. The summed E-state index contributed by atoms with van der Waals surface area (Å²) in [5, 5.41) is 13.9. The SMILES string of the molecule is CCN(Cc1cnn(C)c1)Cc1nc(Cc2ccccc2)n(-c2ccc(S(N)(=O)=O)cc2F)n1. The molecule has 4 aromatic rings. The summed E-state index contributed by atoms with van der Waals surface area (Å²) in [4.78, 5) is 6.57. The fraction of sp³-hybridized carbons (Fsp3) is 0.261.